The van der Waals surface area contributed by atoms with E-state index in [0.717, 1.165) is 22.3 Å². The van der Waals surface area contributed by atoms with Crippen molar-refractivity contribution < 1.29 is 18.3 Å². The van der Waals surface area contributed by atoms with E-state index in [1.807, 2.05) is 44.2 Å². The number of nitrogens with zero attached hydrogens (tertiary/aromatic N) is 2. The predicted molar refractivity (Wildman–Crippen MR) is 134 cm³/mol. The largest absolute Gasteiger partial charge is 0.481 e. The highest BCUT2D eigenvalue weighted by Gasteiger charge is 2.31. The summed E-state index contributed by atoms with van der Waals surface area (Å²) in [5.74, 6) is -0.895. The summed E-state index contributed by atoms with van der Waals surface area (Å²) in [6.07, 6.45) is 4.35. The minimum atomic E-state index is -3.90. The van der Waals surface area contributed by atoms with Crippen LogP contribution in [-0.4, -0.2) is 35.3 Å². The molecule has 3 aromatic rings. The van der Waals surface area contributed by atoms with Crippen LogP contribution in [-0.2, 0) is 14.8 Å². The van der Waals surface area contributed by atoms with E-state index in [9.17, 15) is 13.2 Å². The van der Waals surface area contributed by atoms with Crippen LogP contribution in [0.25, 0.3) is 11.1 Å². The Balaban J connectivity index is 2.01. The molecule has 0 saturated heterocycles. The van der Waals surface area contributed by atoms with Crippen LogP contribution < -0.4 is 0 Å². The van der Waals surface area contributed by atoms with Crippen molar-refractivity contribution >= 4 is 27.6 Å². The zero-order chi connectivity index (χ0) is 24.9. The third-order valence-corrected chi connectivity index (χ3v) is 8.48. The van der Waals surface area contributed by atoms with Gasteiger partial charge in [-0.05, 0) is 85.7 Å². The van der Waals surface area contributed by atoms with Crippen molar-refractivity contribution in [2.45, 2.75) is 51.0 Å². The van der Waals surface area contributed by atoms with Crippen molar-refractivity contribution in [1.82, 2.24) is 9.29 Å². The van der Waals surface area contributed by atoms with E-state index in [-0.39, 0.29) is 17.9 Å². The van der Waals surface area contributed by atoms with Crippen molar-refractivity contribution in [1.29, 1.82) is 0 Å². The number of rotatable bonds is 10. The standard InChI is InChI=1S/C26H29ClN2O4S/c1-18-17-28-14-13-23(18)22-9-6-8-21(16-22)20(3)29(15-5-4-12-26(30)31)34(32,33)25-11-7-10-24(27)19(25)2/h6-11,13-14,16-17,20H,4-5,12,15H2,1-3H3,(H,30,31). The number of aliphatic carboxylic acids is 1. The van der Waals surface area contributed by atoms with Crippen LogP contribution in [0.1, 0.15) is 48.9 Å². The fraction of sp³-hybridized carbons (Fsp3) is 0.308. The van der Waals surface area contributed by atoms with E-state index in [0.29, 0.717) is 23.4 Å². The number of benzene rings is 2. The first-order valence-electron chi connectivity index (χ1n) is 11.1. The molecule has 0 fully saturated rings. The van der Waals surface area contributed by atoms with E-state index in [1.54, 1.807) is 37.5 Å². The number of pyridine rings is 1. The monoisotopic (exact) mass is 500 g/mol. The molecule has 1 aromatic heterocycles. The van der Waals surface area contributed by atoms with Crippen molar-refractivity contribution in [3.05, 3.63) is 82.6 Å². The second-order valence-electron chi connectivity index (χ2n) is 8.32. The molecule has 0 aliphatic carbocycles. The van der Waals surface area contributed by atoms with Gasteiger partial charge in [0.1, 0.15) is 0 Å². The molecule has 8 heteroatoms. The van der Waals surface area contributed by atoms with E-state index >= 15 is 0 Å². The number of carbonyl (C=O) groups is 1. The molecule has 1 unspecified atom stereocenters. The average Bonchev–Trinajstić information content (AvgIpc) is 2.80. The molecule has 0 spiro atoms. The predicted octanol–water partition coefficient (Wildman–Crippen LogP) is 6.03. The number of carboxylic acids is 1. The summed E-state index contributed by atoms with van der Waals surface area (Å²) >= 11 is 6.23. The molecule has 0 aliphatic heterocycles. The maximum absolute atomic E-state index is 13.8. The molecule has 1 heterocycles. The molecular formula is C26H29ClN2O4S. The van der Waals surface area contributed by atoms with Crippen LogP contribution in [0, 0.1) is 13.8 Å². The van der Waals surface area contributed by atoms with Gasteiger partial charge in [-0.2, -0.15) is 4.31 Å². The van der Waals surface area contributed by atoms with Crippen molar-refractivity contribution in [2.75, 3.05) is 6.54 Å². The average molecular weight is 501 g/mol. The topological polar surface area (TPSA) is 87.6 Å². The van der Waals surface area contributed by atoms with Gasteiger partial charge in [0, 0.05) is 36.4 Å². The zero-order valence-electron chi connectivity index (χ0n) is 19.5. The van der Waals surface area contributed by atoms with Crippen LogP contribution in [0.5, 0.6) is 0 Å². The Morgan fingerprint density at radius 2 is 1.85 bits per heavy atom. The lowest BCUT2D eigenvalue weighted by Gasteiger charge is -2.30. The lowest BCUT2D eigenvalue weighted by atomic mass is 9.98. The van der Waals surface area contributed by atoms with E-state index in [2.05, 4.69) is 4.98 Å². The van der Waals surface area contributed by atoms with Crippen molar-refractivity contribution in [3.8, 4) is 11.1 Å². The molecule has 1 N–H and O–H groups in total. The maximum Gasteiger partial charge on any atom is 0.303 e. The highest BCUT2D eigenvalue weighted by atomic mass is 35.5. The third-order valence-electron chi connectivity index (χ3n) is 5.96. The second-order valence-corrected chi connectivity index (χ2v) is 10.6. The molecule has 0 bridgehead atoms. The lowest BCUT2D eigenvalue weighted by molar-refractivity contribution is -0.137. The molecule has 0 saturated carbocycles. The number of aromatic nitrogens is 1. The van der Waals surface area contributed by atoms with Gasteiger partial charge in [0.15, 0.2) is 0 Å². The molecule has 3 rings (SSSR count). The Kier molecular flexibility index (Phi) is 8.47. The fourth-order valence-electron chi connectivity index (χ4n) is 3.99. The minimum absolute atomic E-state index is 0.00470. The lowest BCUT2D eigenvalue weighted by Crippen LogP contribution is -2.35. The number of halogens is 1. The zero-order valence-corrected chi connectivity index (χ0v) is 21.1. The minimum Gasteiger partial charge on any atom is -0.481 e. The van der Waals surface area contributed by atoms with Gasteiger partial charge in [-0.15, -0.1) is 0 Å². The van der Waals surface area contributed by atoms with Crippen LogP contribution >= 0.6 is 11.6 Å². The van der Waals surface area contributed by atoms with E-state index in [1.165, 1.54) is 4.31 Å². The number of sulfonamides is 1. The first-order chi connectivity index (χ1) is 16.1. The van der Waals surface area contributed by atoms with Gasteiger partial charge in [-0.1, -0.05) is 35.9 Å². The number of carboxylic acid groups (broad SMARTS) is 1. The quantitative estimate of drug-likeness (QED) is 0.343. The molecular weight excluding hydrogens is 472 g/mol. The first kappa shape index (κ1) is 25.9. The molecule has 0 aliphatic rings. The smallest absolute Gasteiger partial charge is 0.303 e. The molecule has 180 valence electrons. The highest BCUT2D eigenvalue weighted by molar-refractivity contribution is 7.89. The molecule has 0 amide bonds. The Bertz CT molecular complexity index is 1280. The maximum atomic E-state index is 13.8. The van der Waals surface area contributed by atoms with Gasteiger partial charge in [0.2, 0.25) is 10.0 Å². The van der Waals surface area contributed by atoms with Crippen LogP contribution in [0.15, 0.2) is 65.8 Å². The first-order valence-corrected chi connectivity index (χ1v) is 12.9. The van der Waals surface area contributed by atoms with Gasteiger partial charge in [0.05, 0.1) is 4.90 Å². The summed E-state index contributed by atoms with van der Waals surface area (Å²) in [6.45, 7) is 5.73. The van der Waals surface area contributed by atoms with E-state index < -0.39 is 22.0 Å². The fourth-order valence-corrected chi connectivity index (χ4v) is 6.13. The molecule has 1 atom stereocenters. The number of hydrogen-bond acceptors (Lipinski definition) is 4. The normalized spacial score (nSPS) is 12.6. The molecule has 2 aromatic carbocycles. The van der Waals surface area contributed by atoms with Crippen LogP contribution in [0.4, 0.5) is 0 Å². The Morgan fingerprint density at radius 1 is 1.12 bits per heavy atom. The van der Waals surface area contributed by atoms with Crippen LogP contribution in [0.2, 0.25) is 5.02 Å². The summed E-state index contributed by atoms with van der Waals surface area (Å²) in [6, 6.07) is 14.1. The Hall–Kier alpha value is -2.74. The second kappa shape index (κ2) is 11.1. The van der Waals surface area contributed by atoms with Gasteiger partial charge < -0.3 is 5.11 Å². The molecule has 6 nitrogen and oxygen atoms in total. The summed E-state index contributed by atoms with van der Waals surface area (Å²) in [5.41, 5.74) is 4.38. The van der Waals surface area contributed by atoms with Gasteiger partial charge >= 0.3 is 5.97 Å². The number of aryl methyl sites for hydroxylation is 1. The van der Waals surface area contributed by atoms with E-state index in [4.69, 9.17) is 16.7 Å². The molecule has 0 radical (unpaired) electrons. The van der Waals surface area contributed by atoms with Gasteiger partial charge in [-0.3, -0.25) is 9.78 Å². The third kappa shape index (κ3) is 5.84. The van der Waals surface area contributed by atoms with Gasteiger partial charge in [-0.25, -0.2) is 8.42 Å². The SMILES string of the molecule is Cc1cnccc1-c1cccc(C(C)N(CCCCC(=O)O)S(=O)(=O)c2cccc(Cl)c2C)c1. The summed E-state index contributed by atoms with van der Waals surface area (Å²) in [4.78, 5) is 15.3. The Labute approximate surface area is 206 Å². The van der Waals surface area contributed by atoms with Crippen molar-refractivity contribution in [3.63, 3.8) is 0 Å². The van der Waals surface area contributed by atoms with Crippen molar-refractivity contribution in [2.24, 2.45) is 0 Å². The summed E-state index contributed by atoms with van der Waals surface area (Å²) in [5, 5.41) is 9.36. The molecule has 34 heavy (non-hydrogen) atoms. The number of unbranched alkanes of at least 4 members (excludes halogenated alkanes) is 1. The van der Waals surface area contributed by atoms with Gasteiger partial charge in [0.25, 0.3) is 0 Å². The Morgan fingerprint density at radius 3 is 2.56 bits per heavy atom. The summed E-state index contributed by atoms with van der Waals surface area (Å²) < 4.78 is 29.1. The highest BCUT2D eigenvalue weighted by Crippen LogP contribution is 2.33. The number of hydrogen-bond donors (Lipinski definition) is 1. The van der Waals surface area contributed by atoms with Crippen LogP contribution in [0.3, 0.4) is 0 Å². The summed E-state index contributed by atoms with van der Waals surface area (Å²) in [7, 11) is -3.90.